The monoisotopic (exact) mass is 359 g/mol. The first-order valence-electron chi connectivity index (χ1n) is 8.61. The summed E-state index contributed by atoms with van der Waals surface area (Å²) in [6.07, 6.45) is 4.04. The lowest BCUT2D eigenvalue weighted by atomic mass is 9.95. The number of thiocarbonyl (C=S) groups is 1. The van der Waals surface area contributed by atoms with Crippen LogP contribution >= 0.6 is 12.2 Å². The van der Waals surface area contributed by atoms with E-state index < -0.39 is 6.10 Å². The second kappa shape index (κ2) is 14.2. The Morgan fingerprint density at radius 1 is 1.33 bits per heavy atom. The Bertz CT molecular complexity index is 378. The van der Waals surface area contributed by atoms with E-state index in [1.165, 1.54) is 0 Å². The van der Waals surface area contributed by atoms with Crippen molar-refractivity contribution in [2.24, 2.45) is 11.8 Å². The molecular formula is C17H33N3O3S. The van der Waals surface area contributed by atoms with Crippen LogP contribution in [0.3, 0.4) is 0 Å². The number of aliphatic hydroxyl groups excluding tert-OH is 1. The van der Waals surface area contributed by atoms with Crippen molar-refractivity contribution in [3.63, 3.8) is 0 Å². The number of ether oxygens (including phenoxy) is 1. The maximum Gasteiger partial charge on any atom is 0.241 e. The zero-order chi connectivity index (χ0) is 18.4. The van der Waals surface area contributed by atoms with Crippen molar-refractivity contribution in [3.8, 4) is 0 Å². The van der Waals surface area contributed by atoms with E-state index in [9.17, 15) is 9.90 Å². The van der Waals surface area contributed by atoms with Crippen molar-refractivity contribution < 1.29 is 14.6 Å². The molecule has 0 saturated carbocycles. The predicted molar refractivity (Wildman–Crippen MR) is 101 cm³/mol. The predicted octanol–water partition coefficient (Wildman–Crippen LogP) is 1.90. The summed E-state index contributed by atoms with van der Waals surface area (Å²) in [5.74, 6) is -0.0314. The highest BCUT2D eigenvalue weighted by Gasteiger charge is 2.22. The van der Waals surface area contributed by atoms with E-state index in [1.54, 1.807) is 6.08 Å². The molecule has 6 nitrogen and oxygen atoms in total. The number of hydrogen-bond acceptors (Lipinski definition) is 4. The minimum atomic E-state index is -0.651. The van der Waals surface area contributed by atoms with Crippen LogP contribution in [0.5, 0.6) is 0 Å². The molecule has 0 fully saturated rings. The van der Waals surface area contributed by atoms with E-state index in [1.807, 2.05) is 0 Å². The molecule has 0 aliphatic carbocycles. The number of rotatable bonds is 12. The van der Waals surface area contributed by atoms with Crippen molar-refractivity contribution in [2.75, 3.05) is 19.8 Å². The average molecular weight is 360 g/mol. The number of aliphatic hydroxyl groups is 1. The highest BCUT2D eigenvalue weighted by Crippen LogP contribution is 2.16. The molecule has 0 bridgehead atoms. The molecule has 0 aromatic carbocycles. The fraction of sp³-hybridized carbons (Fsp3) is 0.765. The Morgan fingerprint density at radius 2 is 2.04 bits per heavy atom. The van der Waals surface area contributed by atoms with E-state index in [0.717, 1.165) is 19.3 Å². The molecule has 0 rings (SSSR count). The molecule has 0 heterocycles. The standard InChI is InChI=1S/C17H33N3O3S/c1-5-7-8-14(10-15(21)12-23-11-13(3)4)16(22)19-20-17(24)18-9-6-2/h6,13-15,21H,2,5,7-12H2,1,3-4H3,(H,19,22)(H2,18,20,24)/t14-,15+/m0/s1. The summed E-state index contributed by atoms with van der Waals surface area (Å²) >= 11 is 5.03. The van der Waals surface area contributed by atoms with E-state index in [2.05, 4.69) is 43.5 Å². The van der Waals surface area contributed by atoms with Gasteiger partial charge < -0.3 is 15.2 Å². The molecule has 0 aromatic rings. The van der Waals surface area contributed by atoms with Crippen LogP contribution in [-0.2, 0) is 9.53 Å². The Balaban J connectivity index is 4.33. The summed E-state index contributed by atoms with van der Waals surface area (Å²) < 4.78 is 5.45. The van der Waals surface area contributed by atoms with Crippen molar-refractivity contribution in [2.45, 2.75) is 52.6 Å². The normalized spacial score (nSPS) is 13.2. The van der Waals surface area contributed by atoms with Gasteiger partial charge in [-0.3, -0.25) is 15.6 Å². The van der Waals surface area contributed by atoms with Gasteiger partial charge in [-0.1, -0.05) is 39.7 Å². The summed E-state index contributed by atoms with van der Waals surface area (Å²) in [4.78, 5) is 12.3. The van der Waals surface area contributed by atoms with Gasteiger partial charge in [-0.05, 0) is 31.0 Å². The molecule has 0 aliphatic heterocycles. The summed E-state index contributed by atoms with van der Waals surface area (Å²) in [5, 5.41) is 13.3. The molecule has 0 spiro atoms. The van der Waals surface area contributed by atoms with Crippen LogP contribution in [0.4, 0.5) is 0 Å². The first-order valence-corrected chi connectivity index (χ1v) is 9.01. The van der Waals surface area contributed by atoms with E-state index >= 15 is 0 Å². The quantitative estimate of drug-likeness (QED) is 0.242. The molecule has 0 aliphatic rings. The molecule has 4 N–H and O–H groups in total. The molecule has 1 amide bonds. The Hall–Kier alpha value is -1.18. The smallest absolute Gasteiger partial charge is 0.241 e. The van der Waals surface area contributed by atoms with Crippen molar-refractivity contribution in [1.82, 2.24) is 16.2 Å². The number of unbranched alkanes of at least 4 members (excludes halogenated alkanes) is 1. The molecule has 2 atom stereocenters. The second-order valence-corrected chi connectivity index (χ2v) is 6.68. The lowest BCUT2D eigenvalue weighted by Gasteiger charge is -2.21. The molecule has 24 heavy (non-hydrogen) atoms. The van der Waals surface area contributed by atoms with Gasteiger partial charge in [0.15, 0.2) is 5.11 Å². The SMILES string of the molecule is C=CCNC(=S)NNC(=O)[C@@H](CCCC)C[C@@H](O)COCC(C)C. The lowest BCUT2D eigenvalue weighted by molar-refractivity contribution is -0.127. The summed E-state index contributed by atoms with van der Waals surface area (Å²) in [6.45, 7) is 11.1. The first-order chi connectivity index (χ1) is 11.4. The van der Waals surface area contributed by atoms with E-state index in [4.69, 9.17) is 17.0 Å². The highest BCUT2D eigenvalue weighted by molar-refractivity contribution is 7.80. The second-order valence-electron chi connectivity index (χ2n) is 6.27. The van der Waals surface area contributed by atoms with Crippen LogP contribution in [-0.4, -0.2) is 42.0 Å². The Morgan fingerprint density at radius 3 is 2.62 bits per heavy atom. The maximum atomic E-state index is 12.3. The van der Waals surface area contributed by atoms with Crippen LogP contribution in [0.15, 0.2) is 12.7 Å². The zero-order valence-corrected chi connectivity index (χ0v) is 16.0. The fourth-order valence-electron chi connectivity index (χ4n) is 2.07. The highest BCUT2D eigenvalue weighted by atomic mass is 32.1. The van der Waals surface area contributed by atoms with Gasteiger partial charge in [0.1, 0.15) is 0 Å². The lowest BCUT2D eigenvalue weighted by Crippen LogP contribution is -2.49. The minimum absolute atomic E-state index is 0.172. The van der Waals surface area contributed by atoms with Crippen LogP contribution in [0.25, 0.3) is 0 Å². The summed E-state index contributed by atoms with van der Waals surface area (Å²) in [7, 11) is 0. The van der Waals surface area contributed by atoms with Gasteiger partial charge >= 0.3 is 0 Å². The van der Waals surface area contributed by atoms with Crippen LogP contribution in [0, 0.1) is 11.8 Å². The number of carbonyl (C=O) groups excluding carboxylic acids is 1. The van der Waals surface area contributed by atoms with Gasteiger partial charge in [0.2, 0.25) is 5.91 Å². The fourth-order valence-corrected chi connectivity index (χ4v) is 2.21. The van der Waals surface area contributed by atoms with Gasteiger partial charge in [0.05, 0.1) is 12.7 Å². The number of amides is 1. The topological polar surface area (TPSA) is 82.6 Å². The maximum absolute atomic E-state index is 12.3. The van der Waals surface area contributed by atoms with E-state index in [-0.39, 0.29) is 18.4 Å². The third-order valence-electron chi connectivity index (χ3n) is 3.30. The number of hydrogen-bond donors (Lipinski definition) is 4. The van der Waals surface area contributed by atoms with Gasteiger partial charge in [0, 0.05) is 19.1 Å². The first kappa shape index (κ1) is 22.8. The molecular weight excluding hydrogens is 326 g/mol. The molecule has 7 heteroatoms. The van der Waals surface area contributed by atoms with Crippen molar-refractivity contribution in [3.05, 3.63) is 12.7 Å². The molecule has 0 unspecified atom stereocenters. The van der Waals surface area contributed by atoms with Gasteiger partial charge in [-0.2, -0.15) is 0 Å². The van der Waals surface area contributed by atoms with Gasteiger partial charge in [0.25, 0.3) is 0 Å². The third kappa shape index (κ3) is 12.3. The molecule has 0 radical (unpaired) electrons. The number of carbonyl (C=O) groups is 1. The zero-order valence-electron chi connectivity index (χ0n) is 15.1. The number of hydrazine groups is 1. The summed E-state index contributed by atoms with van der Waals surface area (Å²) in [6, 6.07) is 0. The molecule has 140 valence electrons. The van der Waals surface area contributed by atoms with Gasteiger partial charge in [-0.25, -0.2) is 0 Å². The van der Waals surface area contributed by atoms with Gasteiger partial charge in [-0.15, -0.1) is 6.58 Å². The van der Waals surface area contributed by atoms with Crippen molar-refractivity contribution in [1.29, 1.82) is 0 Å². The third-order valence-corrected chi connectivity index (χ3v) is 3.55. The van der Waals surface area contributed by atoms with Crippen LogP contribution in [0.2, 0.25) is 0 Å². The van der Waals surface area contributed by atoms with Crippen LogP contribution < -0.4 is 16.2 Å². The largest absolute Gasteiger partial charge is 0.391 e. The average Bonchev–Trinajstić information content (AvgIpc) is 2.54. The Labute approximate surface area is 151 Å². The summed E-state index contributed by atoms with van der Waals surface area (Å²) in [5.41, 5.74) is 5.27. The number of nitrogens with one attached hydrogen (secondary N) is 3. The van der Waals surface area contributed by atoms with Crippen molar-refractivity contribution >= 4 is 23.2 Å². The molecule has 0 saturated heterocycles. The molecule has 0 aromatic heterocycles. The Kier molecular flexibility index (Phi) is 13.5. The van der Waals surface area contributed by atoms with Crippen LogP contribution in [0.1, 0.15) is 46.5 Å². The minimum Gasteiger partial charge on any atom is -0.391 e. The van der Waals surface area contributed by atoms with E-state index in [0.29, 0.717) is 30.6 Å².